The summed E-state index contributed by atoms with van der Waals surface area (Å²) in [6.07, 6.45) is 0.332. The first-order valence-corrected chi connectivity index (χ1v) is 8.44. The van der Waals surface area contributed by atoms with Crippen molar-refractivity contribution in [3.05, 3.63) is 65.2 Å². The smallest absolute Gasteiger partial charge is 0.251 e. The third kappa shape index (κ3) is 5.45. The minimum atomic E-state index is -0.308. The second kappa shape index (κ2) is 8.30. The second-order valence-corrected chi connectivity index (χ2v) is 7.09. The van der Waals surface area contributed by atoms with Gasteiger partial charge >= 0.3 is 0 Å². The van der Waals surface area contributed by atoms with Crippen LogP contribution in [0, 0.1) is 11.3 Å². The van der Waals surface area contributed by atoms with Crippen molar-refractivity contribution in [2.24, 2.45) is 0 Å². The van der Waals surface area contributed by atoms with Crippen LogP contribution in [0.3, 0.4) is 0 Å². The third-order valence-corrected chi connectivity index (χ3v) is 3.94. The number of anilines is 1. The predicted molar refractivity (Wildman–Crippen MR) is 102 cm³/mol. The Kier molecular flexibility index (Phi) is 6.13. The van der Waals surface area contributed by atoms with Gasteiger partial charge in [0, 0.05) is 11.3 Å². The van der Waals surface area contributed by atoms with E-state index in [-0.39, 0.29) is 23.8 Å². The molecule has 0 aromatic heterocycles. The predicted octanol–water partition coefficient (Wildman–Crippen LogP) is 3.42. The number of nitrogens with one attached hydrogen (secondary N) is 2. The number of carbonyl (C=O) groups is 2. The van der Waals surface area contributed by atoms with Gasteiger partial charge in [-0.3, -0.25) is 9.59 Å². The summed E-state index contributed by atoms with van der Waals surface area (Å²) in [6, 6.07) is 16.5. The number of amides is 2. The van der Waals surface area contributed by atoms with Crippen molar-refractivity contribution in [2.45, 2.75) is 32.6 Å². The van der Waals surface area contributed by atoms with E-state index in [1.165, 1.54) is 0 Å². The molecular formula is C21H23N3O2. The lowest BCUT2D eigenvalue weighted by molar-refractivity contribution is -0.115. The van der Waals surface area contributed by atoms with Gasteiger partial charge in [0.2, 0.25) is 5.91 Å². The zero-order valence-corrected chi connectivity index (χ0v) is 15.3. The Morgan fingerprint density at radius 3 is 2.15 bits per heavy atom. The first kappa shape index (κ1) is 19.2. The molecule has 26 heavy (non-hydrogen) atoms. The molecule has 5 nitrogen and oxygen atoms in total. The number of rotatable bonds is 5. The second-order valence-electron chi connectivity index (χ2n) is 7.09. The highest BCUT2D eigenvalue weighted by Crippen LogP contribution is 2.22. The summed E-state index contributed by atoms with van der Waals surface area (Å²) in [7, 11) is 0. The molecule has 2 aromatic rings. The van der Waals surface area contributed by atoms with Gasteiger partial charge in [-0.25, -0.2) is 0 Å². The molecule has 0 fully saturated rings. The lowest BCUT2D eigenvalue weighted by Gasteiger charge is -2.19. The van der Waals surface area contributed by atoms with E-state index in [1.807, 2.05) is 12.1 Å². The molecule has 2 rings (SSSR count). The van der Waals surface area contributed by atoms with Crippen LogP contribution in [-0.4, -0.2) is 18.4 Å². The van der Waals surface area contributed by atoms with Crippen molar-refractivity contribution < 1.29 is 9.59 Å². The molecule has 0 spiro atoms. The van der Waals surface area contributed by atoms with Crippen molar-refractivity contribution in [2.75, 3.05) is 11.9 Å². The van der Waals surface area contributed by atoms with Crippen LogP contribution in [0.2, 0.25) is 0 Å². The SMILES string of the molecule is CC(C)(C)c1ccc(C(=O)NCC(=O)Nc2ccc(CC#N)cc2)cc1. The summed E-state index contributed by atoms with van der Waals surface area (Å²) in [5.74, 6) is -0.595. The minimum Gasteiger partial charge on any atom is -0.343 e. The quantitative estimate of drug-likeness (QED) is 0.868. The van der Waals surface area contributed by atoms with E-state index >= 15 is 0 Å². The maximum absolute atomic E-state index is 12.2. The van der Waals surface area contributed by atoms with Crippen LogP contribution in [0.4, 0.5) is 5.69 Å². The van der Waals surface area contributed by atoms with Crippen LogP contribution in [0.5, 0.6) is 0 Å². The standard InChI is InChI=1S/C21H23N3O2/c1-21(2,3)17-8-6-16(7-9-17)20(26)23-14-19(25)24-18-10-4-15(5-11-18)12-13-22/h4-11H,12,14H2,1-3H3,(H,23,26)(H,24,25). The summed E-state index contributed by atoms with van der Waals surface area (Å²) >= 11 is 0. The molecule has 2 aromatic carbocycles. The molecule has 0 aliphatic heterocycles. The van der Waals surface area contributed by atoms with E-state index in [2.05, 4.69) is 37.5 Å². The first-order valence-electron chi connectivity index (χ1n) is 8.44. The molecule has 0 radical (unpaired) electrons. The van der Waals surface area contributed by atoms with E-state index in [9.17, 15) is 9.59 Å². The monoisotopic (exact) mass is 349 g/mol. The van der Waals surface area contributed by atoms with Gasteiger partial charge < -0.3 is 10.6 Å². The highest BCUT2D eigenvalue weighted by atomic mass is 16.2. The third-order valence-electron chi connectivity index (χ3n) is 3.94. The molecule has 0 saturated carbocycles. The van der Waals surface area contributed by atoms with Crippen molar-refractivity contribution in [3.63, 3.8) is 0 Å². The Hall–Kier alpha value is -3.13. The molecule has 2 amide bonds. The van der Waals surface area contributed by atoms with Crippen LogP contribution < -0.4 is 10.6 Å². The number of hydrogen-bond acceptors (Lipinski definition) is 3. The first-order chi connectivity index (χ1) is 12.3. The molecule has 0 aliphatic carbocycles. The topological polar surface area (TPSA) is 82.0 Å². The molecule has 0 atom stereocenters. The van der Waals surface area contributed by atoms with Gasteiger partial charge in [0.1, 0.15) is 0 Å². The fraction of sp³-hybridized carbons (Fsp3) is 0.286. The Morgan fingerprint density at radius 1 is 1.00 bits per heavy atom. The lowest BCUT2D eigenvalue weighted by Crippen LogP contribution is -2.32. The Bertz CT molecular complexity index is 810. The number of carbonyl (C=O) groups excluding carboxylic acids is 2. The van der Waals surface area contributed by atoms with Gasteiger partial charge in [-0.05, 0) is 40.8 Å². The van der Waals surface area contributed by atoms with Crippen molar-refractivity contribution >= 4 is 17.5 Å². The summed E-state index contributed by atoms with van der Waals surface area (Å²) < 4.78 is 0. The molecule has 0 heterocycles. The summed E-state index contributed by atoms with van der Waals surface area (Å²) in [5.41, 5.74) is 3.20. The van der Waals surface area contributed by atoms with E-state index in [4.69, 9.17) is 5.26 Å². The maximum Gasteiger partial charge on any atom is 0.251 e. The Morgan fingerprint density at radius 2 is 1.62 bits per heavy atom. The van der Waals surface area contributed by atoms with Gasteiger partial charge in [-0.15, -0.1) is 0 Å². The molecule has 0 aliphatic rings. The molecule has 0 bridgehead atoms. The minimum absolute atomic E-state index is 0.0255. The largest absolute Gasteiger partial charge is 0.343 e. The number of hydrogen-bond donors (Lipinski definition) is 2. The van der Waals surface area contributed by atoms with E-state index in [0.29, 0.717) is 17.7 Å². The number of nitriles is 1. The van der Waals surface area contributed by atoms with Crippen LogP contribution in [0.25, 0.3) is 0 Å². The van der Waals surface area contributed by atoms with Gasteiger partial charge in [-0.1, -0.05) is 45.0 Å². The summed E-state index contributed by atoms with van der Waals surface area (Å²) in [4.78, 5) is 24.1. The van der Waals surface area contributed by atoms with Gasteiger partial charge in [0.25, 0.3) is 5.91 Å². The highest BCUT2D eigenvalue weighted by molar-refractivity contribution is 5.99. The summed E-state index contributed by atoms with van der Waals surface area (Å²) in [5, 5.41) is 14.0. The maximum atomic E-state index is 12.2. The van der Waals surface area contributed by atoms with Crippen LogP contribution in [0.1, 0.15) is 42.3 Å². The number of benzene rings is 2. The lowest BCUT2D eigenvalue weighted by atomic mass is 9.87. The molecular weight excluding hydrogens is 326 g/mol. The van der Waals surface area contributed by atoms with E-state index < -0.39 is 0 Å². The van der Waals surface area contributed by atoms with Crippen molar-refractivity contribution in [3.8, 4) is 6.07 Å². The van der Waals surface area contributed by atoms with E-state index in [1.54, 1.807) is 36.4 Å². The summed E-state index contributed by atoms with van der Waals surface area (Å²) in [6.45, 7) is 6.22. The van der Waals surface area contributed by atoms with Gasteiger partial charge in [0.15, 0.2) is 0 Å². The molecule has 2 N–H and O–H groups in total. The van der Waals surface area contributed by atoms with E-state index in [0.717, 1.165) is 11.1 Å². The van der Waals surface area contributed by atoms with Crippen LogP contribution in [-0.2, 0) is 16.6 Å². The molecule has 0 saturated heterocycles. The fourth-order valence-corrected chi connectivity index (χ4v) is 2.39. The van der Waals surface area contributed by atoms with Crippen molar-refractivity contribution in [1.29, 1.82) is 5.26 Å². The number of nitrogens with zero attached hydrogens (tertiary/aromatic N) is 1. The van der Waals surface area contributed by atoms with Gasteiger partial charge in [-0.2, -0.15) is 5.26 Å². The fourth-order valence-electron chi connectivity index (χ4n) is 2.39. The highest BCUT2D eigenvalue weighted by Gasteiger charge is 2.14. The Labute approximate surface area is 154 Å². The zero-order chi connectivity index (χ0) is 19.2. The molecule has 134 valence electrons. The average molecular weight is 349 g/mol. The molecule has 5 heteroatoms. The van der Waals surface area contributed by atoms with Crippen LogP contribution in [0.15, 0.2) is 48.5 Å². The van der Waals surface area contributed by atoms with Crippen molar-refractivity contribution in [1.82, 2.24) is 5.32 Å². The molecule has 0 unspecified atom stereocenters. The normalized spacial score (nSPS) is 10.7. The zero-order valence-electron chi connectivity index (χ0n) is 15.3. The average Bonchev–Trinajstić information content (AvgIpc) is 2.61. The van der Waals surface area contributed by atoms with Gasteiger partial charge in [0.05, 0.1) is 19.0 Å². The Balaban J connectivity index is 1.86. The van der Waals surface area contributed by atoms with Crippen LogP contribution >= 0.6 is 0 Å².